The summed E-state index contributed by atoms with van der Waals surface area (Å²) in [5.41, 5.74) is 3.63. The number of imidazole rings is 1. The number of hydrogen-bond donors (Lipinski definition) is 0. The molecule has 11 heteroatoms. The van der Waals surface area contributed by atoms with Crippen molar-refractivity contribution in [3.63, 3.8) is 0 Å². The molecule has 2 fully saturated rings. The number of fused-ring (bicyclic) bond motifs is 1. The van der Waals surface area contributed by atoms with Crippen LogP contribution in [0.4, 0.5) is 5.69 Å². The first-order valence-corrected chi connectivity index (χ1v) is 15.1. The minimum Gasteiger partial charge on any atom is -0.491 e. The lowest BCUT2D eigenvalue weighted by molar-refractivity contribution is -0.189. The summed E-state index contributed by atoms with van der Waals surface area (Å²) >= 11 is 12.7. The van der Waals surface area contributed by atoms with Crippen LogP contribution in [0.1, 0.15) is 11.5 Å². The number of rotatable bonds is 9. The van der Waals surface area contributed by atoms with Gasteiger partial charge >= 0.3 is 0 Å². The predicted octanol–water partition coefficient (Wildman–Crippen LogP) is 6.00. The first-order chi connectivity index (χ1) is 21.0. The fourth-order valence-corrected chi connectivity index (χ4v) is 6.21. The van der Waals surface area contributed by atoms with E-state index in [1.165, 1.54) is 5.69 Å². The number of para-hydroxylation sites is 2. The van der Waals surface area contributed by atoms with Gasteiger partial charge in [-0.05, 0) is 48.5 Å². The van der Waals surface area contributed by atoms with Crippen LogP contribution in [0.2, 0.25) is 10.0 Å². The van der Waals surface area contributed by atoms with Gasteiger partial charge in [0.1, 0.15) is 24.0 Å². The van der Waals surface area contributed by atoms with Crippen molar-refractivity contribution >= 4 is 40.0 Å². The minimum absolute atomic E-state index is 0.288. The third kappa shape index (κ3) is 6.23. The molecule has 9 nitrogen and oxygen atoms in total. The van der Waals surface area contributed by atoms with Crippen molar-refractivity contribution in [1.29, 1.82) is 0 Å². The van der Waals surface area contributed by atoms with Crippen molar-refractivity contribution in [3.05, 3.63) is 107 Å². The lowest BCUT2D eigenvalue weighted by atomic mass is 10.1. The highest BCUT2D eigenvalue weighted by Gasteiger charge is 2.45. The van der Waals surface area contributed by atoms with Gasteiger partial charge in [0.05, 0.1) is 31.0 Å². The zero-order valence-electron chi connectivity index (χ0n) is 23.4. The summed E-state index contributed by atoms with van der Waals surface area (Å²) in [5.74, 6) is 0.463. The van der Waals surface area contributed by atoms with Crippen molar-refractivity contribution in [2.75, 3.05) is 44.3 Å². The van der Waals surface area contributed by atoms with E-state index in [0.29, 0.717) is 35.4 Å². The Kier molecular flexibility index (Phi) is 7.99. The van der Waals surface area contributed by atoms with Gasteiger partial charge in [0.25, 0.3) is 0 Å². The molecule has 0 radical (unpaired) electrons. The Labute approximate surface area is 259 Å². The van der Waals surface area contributed by atoms with E-state index in [1.54, 1.807) is 24.7 Å². The lowest BCUT2D eigenvalue weighted by Crippen LogP contribution is -2.46. The first-order valence-electron chi connectivity index (χ1n) is 14.3. The molecule has 222 valence electrons. The number of piperazine rings is 1. The molecule has 2 unspecified atom stereocenters. The van der Waals surface area contributed by atoms with Crippen LogP contribution in [0.15, 0.2) is 89.9 Å². The van der Waals surface area contributed by atoms with Gasteiger partial charge in [-0.2, -0.15) is 0 Å². The number of anilines is 1. The van der Waals surface area contributed by atoms with Crippen LogP contribution in [-0.2, 0) is 28.4 Å². The van der Waals surface area contributed by atoms with Crippen molar-refractivity contribution < 1.29 is 18.6 Å². The maximum atomic E-state index is 6.58. The van der Waals surface area contributed by atoms with E-state index in [-0.39, 0.29) is 6.10 Å². The second-order valence-corrected chi connectivity index (χ2v) is 11.7. The Morgan fingerprint density at radius 3 is 2.58 bits per heavy atom. The zero-order valence-corrected chi connectivity index (χ0v) is 25.0. The Hall–Kier alpha value is -3.60. The van der Waals surface area contributed by atoms with Gasteiger partial charge in [0, 0.05) is 54.8 Å². The molecule has 0 aliphatic carbocycles. The molecule has 0 N–H and O–H groups in total. The van der Waals surface area contributed by atoms with Gasteiger partial charge < -0.3 is 28.1 Å². The van der Waals surface area contributed by atoms with Crippen LogP contribution in [0, 0.1) is 0 Å². The van der Waals surface area contributed by atoms with Crippen LogP contribution < -0.4 is 9.64 Å². The fraction of sp³-hybridized carbons (Fsp3) is 0.312. The quantitative estimate of drug-likeness (QED) is 0.199. The molecule has 0 amide bonds. The molecular weight excluding hydrogens is 589 g/mol. The van der Waals surface area contributed by atoms with E-state index in [9.17, 15) is 0 Å². The summed E-state index contributed by atoms with van der Waals surface area (Å²) in [6.45, 7) is 5.55. The average Bonchev–Trinajstić information content (AvgIpc) is 3.77. The molecule has 0 saturated carbocycles. The molecule has 5 aromatic rings. The van der Waals surface area contributed by atoms with Crippen molar-refractivity contribution in [1.82, 2.24) is 19.4 Å². The second kappa shape index (κ2) is 12.2. The van der Waals surface area contributed by atoms with Crippen LogP contribution in [0.5, 0.6) is 5.75 Å². The summed E-state index contributed by atoms with van der Waals surface area (Å²) in [5, 5.41) is 1.03. The Morgan fingerprint density at radius 1 is 0.977 bits per heavy atom. The minimum atomic E-state index is -1.08. The Balaban J connectivity index is 0.933. The normalized spacial score (nSPS) is 21.1. The highest BCUT2D eigenvalue weighted by Crippen LogP contribution is 2.40. The number of oxazole rings is 1. The summed E-state index contributed by atoms with van der Waals surface area (Å²) in [4.78, 5) is 13.5. The molecule has 0 bridgehead atoms. The highest BCUT2D eigenvalue weighted by atomic mass is 35.5. The lowest BCUT2D eigenvalue weighted by Gasteiger charge is -2.35. The van der Waals surface area contributed by atoms with Gasteiger partial charge in [-0.3, -0.25) is 4.90 Å². The van der Waals surface area contributed by atoms with Gasteiger partial charge in [-0.1, -0.05) is 41.4 Å². The van der Waals surface area contributed by atoms with Crippen molar-refractivity contribution in [2.24, 2.45) is 0 Å². The van der Waals surface area contributed by atoms with Crippen LogP contribution >= 0.6 is 23.2 Å². The van der Waals surface area contributed by atoms with E-state index < -0.39 is 5.79 Å². The number of hydrogen-bond acceptors (Lipinski definition) is 8. The molecule has 43 heavy (non-hydrogen) atoms. The van der Waals surface area contributed by atoms with E-state index >= 15 is 0 Å². The van der Waals surface area contributed by atoms with E-state index in [1.807, 2.05) is 53.2 Å². The third-order valence-corrected chi connectivity index (χ3v) is 8.41. The Morgan fingerprint density at radius 2 is 1.81 bits per heavy atom. The molecule has 2 saturated heterocycles. The molecular formula is C32H31Cl2N5O4. The maximum absolute atomic E-state index is 6.58. The molecule has 0 spiro atoms. The van der Waals surface area contributed by atoms with Crippen LogP contribution in [0.25, 0.3) is 11.1 Å². The smallest absolute Gasteiger partial charge is 0.215 e. The summed E-state index contributed by atoms with van der Waals surface area (Å²) < 4.78 is 26.7. The summed E-state index contributed by atoms with van der Waals surface area (Å²) in [6, 6.07) is 21.4. The SMILES string of the molecule is Clc1ccc(C2(Cn3ccnc3)OCC(COc3ccc(N4CCN(Cc5nc6ccccc6o5)CC4)cc3)O2)c(Cl)c1. The number of nitrogens with zero attached hydrogens (tertiary/aromatic N) is 5. The standard InChI is InChI=1S/C32H31Cl2N5O4/c33-23-5-10-27(28(34)17-23)32(21-38-12-11-35-22-38)41-20-26(43-32)19-40-25-8-6-24(7-9-25)39-15-13-37(14-16-39)18-31-36-29-3-1-2-4-30(29)42-31/h1-12,17,22,26H,13-16,18-21H2. The highest BCUT2D eigenvalue weighted by molar-refractivity contribution is 6.35. The molecule has 2 atom stereocenters. The number of benzene rings is 3. The third-order valence-electron chi connectivity index (χ3n) is 7.86. The van der Waals surface area contributed by atoms with E-state index in [0.717, 1.165) is 55.5 Å². The topological polar surface area (TPSA) is 78.0 Å². The summed E-state index contributed by atoms with van der Waals surface area (Å²) in [6.07, 6.45) is 5.02. The summed E-state index contributed by atoms with van der Waals surface area (Å²) in [7, 11) is 0. The van der Waals surface area contributed by atoms with Gasteiger partial charge in [-0.25, -0.2) is 9.97 Å². The first kappa shape index (κ1) is 28.2. The van der Waals surface area contributed by atoms with Crippen molar-refractivity contribution in [2.45, 2.75) is 25.0 Å². The molecule has 3 aromatic carbocycles. The predicted molar refractivity (Wildman–Crippen MR) is 165 cm³/mol. The molecule has 2 aliphatic rings. The fourth-order valence-electron chi connectivity index (χ4n) is 5.66. The van der Waals surface area contributed by atoms with Crippen LogP contribution in [0.3, 0.4) is 0 Å². The molecule has 7 rings (SSSR count). The van der Waals surface area contributed by atoms with Crippen molar-refractivity contribution in [3.8, 4) is 5.75 Å². The van der Waals surface area contributed by atoms with Gasteiger partial charge in [0.15, 0.2) is 5.58 Å². The van der Waals surface area contributed by atoms with Crippen LogP contribution in [-0.4, -0.2) is 64.9 Å². The van der Waals surface area contributed by atoms with E-state index in [2.05, 4.69) is 31.9 Å². The molecule has 2 aromatic heterocycles. The monoisotopic (exact) mass is 619 g/mol. The average molecular weight is 621 g/mol. The number of aromatic nitrogens is 3. The largest absolute Gasteiger partial charge is 0.491 e. The van der Waals surface area contributed by atoms with Gasteiger partial charge in [0.2, 0.25) is 11.7 Å². The molecule has 4 heterocycles. The number of halogens is 2. The Bertz CT molecular complexity index is 1640. The molecule has 2 aliphatic heterocycles. The van der Waals surface area contributed by atoms with E-state index in [4.69, 9.17) is 41.8 Å². The second-order valence-electron chi connectivity index (χ2n) is 10.8. The van der Waals surface area contributed by atoms with Gasteiger partial charge in [-0.15, -0.1) is 0 Å². The number of ether oxygens (including phenoxy) is 3. The zero-order chi connectivity index (χ0) is 29.2. The maximum Gasteiger partial charge on any atom is 0.215 e.